The Labute approximate surface area is 199 Å². The number of rotatable bonds is 6. The largest absolute Gasteiger partial charge is 0.311 e. The average Bonchev–Trinajstić information content (AvgIpc) is 2.83. The Morgan fingerprint density at radius 1 is 0.636 bits per heavy atom. The molecule has 0 atom stereocenters. The van der Waals surface area contributed by atoms with Crippen LogP contribution in [0.3, 0.4) is 0 Å². The SMILES string of the molecule is CCc1cc(C)ccc1/C=C(\C)c1ccc(N(c2ccc(C)cc2)c2ccc(C)cc2)cc1. The molecular weight excluding hydrogens is 398 g/mol. The van der Waals surface area contributed by atoms with Gasteiger partial charge in [-0.05, 0) is 92.8 Å². The van der Waals surface area contributed by atoms with Crippen LogP contribution >= 0.6 is 0 Å². The van der Waals surface area contributed by atoms with Gasteiger partial charge in [-0.15, -0.1) is 0 Å². The predicted octanol–water partition coefficient (Wildman–Crippen LogP) is 9.20. The molecule has 0 aliphatic carbocycles. The zero-order valence-electron chi connectivity index (χ0n) is 20.4. The van der Waals surface area contributed by atoms with Gasteiger partial charge >= 0.3 is 0 Å². The third kappa shape index (κ3) is 5.26. The lowest BCUT2D eigenvalue weighted by Gasteiger charge is -2.26. The van der Waals surface area contributed by atoms with E-state index in [1.807, 2.05) is 0 Å². The van der Waals surface area contributed by atoms with Gasteiger partial charge in [0.05, 0.1) is 0 Å². The Kier molecular flexibility index (Phi) is 6.79. The quantitative estimate of drug-likeness (QED) is 0.275. The van der Waals surface area contributed by atoms with E-state index in [0.717, 1.165) is 23.5 Å². The molecule has 4 aromatic carbocycles. The summed E-state index contributed by atoms with van der Waals surface area (Å²) in [5, 5.41) is 0. The summed E-state index contributed by atoms with van der Waals surface area (Å²) in [4.78, 5) is 2.32. The molecule has 0 aliphatic rings. The van der Waals surface area contributed by atoms with Gasteiger partial charge in [-0.3, -0.25) is 0 Å². The Hall–Kier alpha value is -3.58. The van der Waals surface area contributed by atoms with Crippen molar-refractivity contribution in [1.82, 2.24) is 0 Å². The van der Waals surface area contributed by atoms with E-state index in [9.17, 15) is 0 Å². The summed E-state index contributed by atoms with van der Waals surface area (Å²) in [5.41, 5.74) is 12.6. The summed E-state index contributed by atoms with van der Waals surface area (Å²) < 4.78 is 0. The molecule has 0 aromatic heterocycles. The summed E-state index contributed by atoms with van der Waals surface area (Å²) in [5.74, 6) is 0. The number of nitrogens with zero attached hydrogens (tertiary/aromatic N) is 1. The van der Waals surface area contributed by atoms with E-state index in [-0.39, 0.29) is 0 Å². The van der Waals surface area contributed by atoms with Crippen LogP contribution in [0.15, 0.2) is 91.0 Å². The topological polar surface area (TPSA) is 3.24 Å². The molecule has 4 aromatic rings. The van der Waals surface area contributed by atoms with Crippen LogP contribution in [-0.4, -0.2) is 0 Å². The molecule has 0 spiro atoms. The van der Waals surface area contributed by atoms with Crippen molar-refractivity contribution in [3.8, 4) is 0 Å². The van der Waals surface area contributed by atoms with Crippen molar-refractivity contribution < 1.29 is 0 Å². The van der Waals surface area contributed by atoms with Gasteiger partial charge in [0.25, 0.3) is 0 Å². The van der Waals surface area contributed by atoms with Gasteiger partial charge < -0.3 is 4.90 Å². The maximum atomic E-state index is 2.32. The van der Waals surface area contributed by atoms with Crippen LogP contribution in [0.1, 0.15) is 47.2 Å². The van der Waals surface area contributed by atoms with Crippen LogP contribution in [0, 0.1) is 20.8 Å². The summed E-state index contributed by atoms with van der Waals surface area (Å²) in [6.45, 7) is 10.8. The summed E-state index contributed by atoms with van der Waals surface area (Å²) in [6.07, 6.45) is 3.35. The Morgan fingerprint density at radius 3 is 1.58 bits per heavy atom. The van der Waals surface area contributed by atoms with Crippen molar-refractivity contribution >= 4 is 28.7 Å². The molecule has 1 nitrogen and oxygen atoms in total. The lowest BCUT2D eigenvalue weighted by molar-refractivity contribution is 1.12. The molecule has 4 rings (SSSR count). The van der Waals surface area contributed by atoms with E-state index in [2.05, 4.69) is 137 Å². The maximum Gasteiger partial charge on any atom is 0.0462 e. The maximum absolute atomic E-state index is 2.32. The van der Waals surface area contributed by atoms with E-state index >= 15 is 0 Å². The third-order valence-electron chi connectivity index (χ3n) is 6.22. The molecule has 0 heterocycles. The summed E-state index contributed by atoms with van der Waals surface area (Å²) in [6, 6.07) is 33.1. The van der Waals surface area contributed by atoms with E-state index in [4.69, 9.17) is 0 Å². The smallest absolute Gasteiger partial charge is 0.0462 e. The Bertz CT molecular complexity index is 1200. The molecular formula is C32H33N. The first kappa shape index (κ1) is 22.6. The highest BCUT2D eigenvalue weighted by Crippen LogP contribution is 2.35. The fourth-order valence-corrected chi connectivity index (χ4v) is 4.21. The number of aryl methyl sites for hydroxylation is 4. The van der Waals surface area contributed by atoms with Gasteiger partial charge in [0, 0.05) is 17.1 Å². The van der Waals surface area contributed by atoms with Crippen LogP contribution in [0.25, 0.3) is 11.6 Å². The number of hydrogen-bond donors (Lipinski definition) is 0. The minimum atomic E-state index is 1.04. The van der Waals surface area contributed by atoms with Crippen LogP contribution in [0.2, 0.25) is 0 Å². The van der Waals surface area contributed by atoms with Gasteiger partial charge in [-0.25, -0.2) is 0 Å². The first-order chi connectivity index (χ1) is 15.9. The lowest BCUT2D eigenvalue weighted by Crippen LogP contribution is -2.09. The monoisotopic (exact) mass is 431 g/mol. The summed E-state index contributed by atoms with van der Waals surface area (Å²) >= 11 is 0. The zero-order chi connectivity index (χ0) is 23.4. The minimum Gasteiger partial charge on any atom is -0.311 e. The molecule has 0 radical (unpaired) electrons. The third-order valence-corrected chi connectivity index (χ3v) is 6.22. The number of anilines is 3. The van der Waals surface area contributed by atoms with Gasteiger partial charge in [0.15, 0.2) is 0 Å². The molecule has 0 aliphatic heterocycles. The number of benzene rings is 4. The Morgan fingerprint density at radius 2 is 1.09 bits per heavy atom. The highest BCUT2D eigenvalue weighted by atomic mass is 15.1. The van der Waals surface area contributed by atoms with Gasteiger partial charge in [0.1, 0.15) is 0 Å². The molecule has 0 saturated carbocycles. The zero-order valence-corrected chi connectivity index (χ0v) is 20.4. The van der Waals surface area contributed by atoms with Crippen molar-refractivity contribution in [3.63, 3.8) is 0 Å². The molecule has 1 heteroatoms. The van der Waals surface area contributed by atoms with Crippen LogP contribution in [-0.2, 0) is 6.42 Å². The summed E-state index contributed by atoms with van der Waals surface area (Å²) in [7, 11) is 0. The first-order valence-corrected chi connectivity index (χ1v) is 11.8. The Balaban J connectivity index is 1.69. The predicted molar refractivity (Wildman–Crippen MR) is 145 cm³/mol. The highest BCUT2D eigenvalue weighted by Gasteiger charge is 2.12. The fraction of sp³-hybridized carbons (Fsp3) is 0.188. The second-order valence-electron chi connectivity index (χ2n) is 8.94. The van der Waals surface area contributed by atoms with E-state index in [1.54, 1.807) is 0 Å². The molecule has 166 valence electrons. The van der Waals surface area contributed by atoms with Crippen molar-refractivity contribution in [2.24, 2.45) is 0 Å². The molecule has 0 unspecified atom stereocenters. The minimum absolute atomic E-state index is 1.04. The molecule has 0 bridgehead atoms. The van der Waals surface area contributed by atoms with E-state index < -0.39 is 0 Å². The van der Waals surface area contributed by atoms with Gasteiger partial charge in [0.2, 0.25) is 0 Å². The van der Waals surface area contributed by atoms with Crippen molar-refractivity contribution in [2.75, 3.05) is 4.90 Å². The second-order valence-corrected chi connectivity index (χ2v) is 8.94. The van der Waals surface area contributed by atoms with E-state index in [0.29, 0.717) is 0 Å². The molecule has 33 heavy (non-hydrogen) atoms. The van der Waals surface area contributed by atoms with Crippen LogP contribution in [0.4, 0.5) is 17.1 Å². The van der Waals surface area contributed by atoms with Gasteiger partial charge in [-0.1, -0.05) is 84.3 Å². The van der Waals surface area contributed by atoms with Gasteiger partial charge in [-0.2, -0.15) is 0 Å². The number of allylic oxidation sites excluding steroid dienone is 1. The van der Waals surface area contributed by atoms with Crippen molar-refractivity contribution in [1.29, 1.82) is 0 Å². The second kappa shape index (κ2) is 9.92. The molecule has 0 amide bonds. The molecule has 0 saturated heterocycles. The number of hydrogen-bond acceptors (Lipinski definition) is 1. The van der Waals surface area contributed by atoms with Crippen LogP contribution in [0.5, 0.6) is 0 Å². The average molecular weight is 432 g/mol. The normalized spacial score (nSPS) is 11.5. The molecule has 0 fully saturated rings. The van der Waals surface area contributed by atoms with Crippen molar-refractivity contribution in [3.05, 3.63) is 124 Å². The lowest BCUT2D eigenvalue weighted by atomic mass is 9.98. The standard InChI is InChI=1S/C32H33N/c1-6-27-21-25(4)7-12-29(27)22-26(5)28-13-19-32(20-14-28)33(30-15-8-23(2)9-16-30)31-17-10-24(3)11-18-31/h7-22H,6H2,1-5H3/b26-22+. The van der Waals surface area contributed by atoms with Crippen LogP contribution < -0.4 is 4.90 Å². The van der Waals surface area contributed by atoms with Crippen molar-refractivity contribution in [2.45, 2.75) is 41.0 Å². The first-order valence-electron chi connectivity index (χ1n) is 11.8. The fourth-order valence-electron chi connectivity index (χ4n) is 4.21. The highest BCUT2D eigenvalue weighted by molar-refractivity contribution is 5.83. The molecule has 0 N–H and O–H groups in total. The van der Waals surface area contributed by atoms with E-state index in [1.165, 1.54) is 39.0 Å².